The van der Waals surface area contributed by atoms with Crippen molar-refractivity contribution in [1.82, 2.24) is 5.32 Å². The van der Waals surface area contributed by atoms with Gasteiger partial charge in [-0.3, -0.25) is 0 Å². The molecule has 1 aliphatic heterocycles. The molecule has 23 heavy (non-hydrogen) atoms. The lowest BCUT2D eigenvalue weighted by molar-refractivity contribution is 0.743. The third-order valence-corrected chi connectivity index (χ3v) is 3.78. The second kappa shape index (κ2) is 6.54. The third-order valence-electron chi connectivity index (χ3n) is 3.43. The fourth-order valence-corrected chi connectivity index (χ4v) is 2.64. The molecular formula is C16H9ClN6. The fourth-order valence-electron chi connectivity index (χ4n) is 2.39. The van der Waals surface area contributed by atoms with E-state index >= 15 is 0 Å². The summed E-state index contributed by atoms with van der Waals surface area (Å²) in [5, 5.41) is 40.2. The van der Waals surface area contributed by atoms with E-state index in [2.05, 4.69) is 5.32 Å². The molecule has 1 aromatic rings. The molecule has 110 valence electrons. The van der Waals surface area contributed by atoms with E-state index in [4.69, 9.17) is 27.9 Å². The van der Waals surface area contributed by atoms with Gasteiger partial charge in [0.2, 0.25) is 0 Å². The Labute approximate surface area is 137 Å². The van der Waals surface area contributed by atoms with Gasteiger partial charge < -0.3 is 11.1 Å². The van der Waals surface area contributed by atoms with E-state index in [1.807, 2.05) is 12.1 Å². The van der Waals surface area contributed by atoms with E-state index in [0.717, 1.165) is 0 Å². The summed E-state index contributed by atoms with van der Waals surface area (Å²) in [5.41, 5.74) is 6.66. The number of hydrogen-bond acceptors (Lipinski definition) is 6. The van der Waals surface area contributed by atoms with Crippen molar-refractivity contribution in [2.75, 3.05) is 0 Å². The molecule has 0 bridgehead atoms. The molecule has 0 spiro atoms. The Bertz CT molecular complexity index is 871. The molecule has 0 amide bonds. The van der Waals surface area contributed by atoms with Gasteiger partial charge in [-0.15, -0.1) is 0 Å². The number of benzene rings is 1. The van der Waals surface area contributed by atoms with Crippen molar-refractivity contribution in [2.24, 2.45) is 11.7 Å². The number of nitrogens with one attached hydrogen (secondary N) is 1. The monoisotopic (exact) mass is 320 g/mol. The normalized spacial score (nSPS) is 16.9. The van der Waals surface area contributed by atoms with Gasteiger partial charge >= 0.3 is 0 Å². The first-order chi connectivity index (χ1) is 11.1. The standard InChI is InChI=1S/C16H9ClN6/c17-13-4-2-1-3-10(13)14-11(7-20)15(9(5-18)6-19)23-16(22)12(14)8-21/h1-4,9,14,23H,22H2. The van der Waals surface area contributed by atoms with Gasteiger partial charge in [0.1, 0.15) is 5.82 Å². The van der Waals surface area contributed by atoms with Crippen molar-refractivity contribution >= 4 is 11.6 Å². The van der Waals surface area contributed by atoms with E-state index in [1.54, 1.807) is 36.4 Å². The average molecular weight is 321 g/mol. The summed E-state index contributed by atoms with van der Waals surface area (Å²) in [4.78, 5) is 0. The van der Waals surface area contributed by atoms with Gasteiger partial charge in [0.15, 0.2) is 5.92 Å². The average Bonchev–Trinajstić information content (AvgIpc) is 2.56. The maximum absolute atomic E-state index is 9.54. The van der Waals surface area contributed by atoms with Crippen LogP contribution in [-0.2, 0) is 0 Å². The van der Waals surface area contributed by atoms with Crippen LogP contribution >= 0.6 is 11.6 Å². The van der Waals surface area contributed by atoms with Crippen LogP contribution in [0.25, 0.3) is 0 Å². The number of allylic oxidation sites excluding steroid dienone is 3. The summed E-state index contributed by atoms with van der Waals surface area (Å²) >= 11 is 6.19. The molecule has 3 N–H and O–H groups in total. The highest BCUT2D eigenvalue weighted by Crippen LogP contribution is 2.40. The molecule has 7 heteroatoms. The van der Waals surface area contributed by atoms with Gasteiger partial charge in [0, 0.05) is 5.02 Å². The second-order valence-electron chi connectivity index (χ2n) is 4.65. The molecule has 1 unspecified atom stereocenters. The van der Waals surface area contributed by atoms with Crippen molar-refractivity contribution in [1.29, 1.82) is 21.0 Å². The number of rotatable bonds is 2. The van der Waals surface area contributed by atoms with Gasteiger partial charge in [0.05, 0.1) is 47.0 Å². The number of nitriles is 4. The largest absolute Gasteiger partial charge is 0.384 e. The van der Waals surface area contributed by atoms with E-state index < -0.39 is 11.8 Å². The summed E-state index contributed by atoms with van der Waals surface area (Å²) in [7, 11) is 0. The van der Waals surface area contributed by atoms with Gasteiger partial charge in [-0.25, -0.2) is 0 Å². The predicted octanol–water partition coefficient (Wildman–Crippen LogP) is 2.16. The van der Waals surface area contributed by atoms with E-state index in [0.29, 0.717) is 10.6 Å². The molecule has 0 radical (unpaired) electrons. The summed E-state index contributed by atoms with van der Waals surface area (Å²) in [6.07, 6.45) is 0. The summed E-state index contributed by atoms with van der Waals surface area (Å²) < 4.78 is 0. The van der Waals surface area contributed by atoms with Gasteiger partial charge in [-0.05, 0) is 11.6 Å². The highest BCUT2D eigenvalue weighted by Gasteiger charge is 2.35. The van der Waals surface area contributed by atoms with Crippen LogP contribution in [0.3, 0.4) is 0 Å². The summed E-state index contributed by atoms with van der Waals surface area (Å²) in [6, 6.07) is 14.3. The summed E-state index contributed by atoms with van der Waals surface area (Å²) in [5.74, 6) is -2.02. The SMILES string of the molecule is N#CC1=C(N)NC(C(C#N)C#N)=C(C#N)C1c1ccccc1Cl. The molecule has 6 nitrogen and oxygen atoms in total. The third kappa shape index (κ3) is 2.68. The lowest BCUT2D eigenvalue weighted by Gasteiger charge is -2.27. The number of dihydropyridines is 1. The van der Waals surface area contributed by atoms with Crippen LogP contribution in [-0.4, -0.2) is 0 Å². The first-order valence-corrected chi connectivity index (χ1v) is 6.81. The first kappa shape index (κ1) is 15.9. The minimum atomic E-state index is -1.20. The lowest BCUT2D eigenvalue weighted by Crippen LogP contribution is -2.33. The zero-order valence-corrected chi connectivity index (χ0v) is 12.5. The molecule has 1 aliphatic rings. The highest BCUT2D eigenvalue weighted by atomic mass is 35.5. The Morgan fingerprint density at radius 3 is 2.17 bits per heavy atom. The van der Waals surface area contributed by atoms with Crippen LogP contribution in [0.4, 0.5) is 0 Å². The lowest BCUT2D eigenvalue weighted by atomic mass is 9.80. The topological polar surface area (TPSA) is 133 Å². The van der Waals surface area contributed by atoms with Crippen molar-refractivity contribution in [3.8, 4) is 24.3 Å². The van der Waals surface area contributed by atoms with Crippen LogP contribution in [0.5, 0.6) is 0 Å². The van der Waals surface area contributed by atoms with E-state index in [-0.39, 0.29) is 22.7 Å². The van der Waals surface area contributed by atoms with Crippen molar-refractivity contribution < 1.29 is 0 Å². The molecule has 1 heterocycles. The number of hydrogen-bond donors (Lipinski definition) is 2. The maximum Gasteiger partial charge on any atom is 0.173 e. The van der Waals surface area contributed by atoms with Crippen LogP contribution in [0.15, 0.2) is 46.9 Å². The number of halogens is 1. The Balaban J connectivity index is 2.77. The molecule has 0 saturated heterocycles. The van der Waals surface area contributed by atoms with E-state index in [9.17, 15) is 10.5 Å². The van der Waals surface area contributed by atoms with Crippen LogP contribution < -0.4 is 11.1 Å². The highest BCUT2D eigenvalue weighted by molar-refractivity contribution is 6.31. The van der Waals surface area contributed by atoms with Crippen molar-refractivity contribution in [2.45, 2.75) is 5.92 Å². The molecule has 0 saturated carbocycles. The minimum absolute atomic E-state index is 0.00178. The summed E-state index contributed by atoms with van der Waals surface area (Å²) in [6.45, 7) is 0. The first-order valence-electron chi connectivity index (χ1n) is 6.43. The van der Waals surface area contributed by atoms with Crippen LogP contribution in [0.2, 0.25) is 5.02 Å². The molecule has 0 fully saturated rings. The Morgan fingerprint density at radius 1 is 1.04 bits per heavy atom. The number of nitrogens with two attached hydrogens (primary N) is 1. The molecule has 1 atom stereocenters. The van der Waals surface area contributed by atoms with Crippen LogP contribution in [0.1, 0.15) is 11.5 Å². The quantitative estimate of drug-likeness (QED) is 0.857. The Hall–Kier alpha value is -3.45. The predicted molar refractivity (Wildman–Crippen MR) is 81.5 cm³/mol. The van der Waals surface area contributed by atoms with Crippen molar-refractivity contribution in [3.05, 3.63) is 57.5 Å². The van der Waals surface area contributed by atoms with E-state index in [1.165, 1.54) is 0 Å². The fraction of sp³-hybridized carbons (Fsp3) is 0.125. The number of nitrogens with zero attached hydrogens (tertiary/aromatic N) is 4. The van der Waals surface area contributed by atoms with Gasteiger partial charge in [-0.2, -0.15) is 21.0 Å². The smallest absolute Gasteiger partial charge is 0.173 e. The molecule has 2 rings (SSSR count). The van der Waals surface area contributed by atoms with Crippen molar-refractivity contribution in [3.63, 3.8) is 0 Å². The van der Waals surface area contributed by atoms with Gasteiger partial charge in [0.25, 0.3) is 0 Å². The minimum Gasteiger partial charge on any atom is -0.384 e. The zero-order valence-electron chi connectivity index (χ0n) is 11.7. The van der Waals surface area contributed by atoms with Gasteiger partial charge in [-0.1, -0.05) is 29.8 Å². The zero-order chi connectivity index (χ0) is 17.0. The second-order valence-corrected chi connectivity index (χ2v) is 5.06. The molecule has 0 aromatic heterocycles. The maximum atomic E-state index is 9.54. The Morgan fingerprint density at radius 2 is 1.65 bits per heavy atom. The Kier molecular flexibility index (Phi) is 4.53. The molecular weight excluding hydrogens is 312 g/mol. The van der Waals surface area contributed by atoms with Crippen LogP contribution in [0, 0.1) is 51.2 Å². The molecule has 0 aliphatic carbocycles. The molecule has 1 aromatic carbocycles.